The van der Waals surface area contributed by atoms with E-state index in [1.54, 1.807) is 4.90 Å². The molecule has 4 rings (SSSR count). The van der Waals surface area contributed by atoms with E-state index >= 15 is 0 Å². The SMILES string of the molecule is O=C(N[C@H]1CC[C@H](N2CCN(c3ccc(C(F)F)cn3)C2=O)CC1)c1ccc(OC(F)(F)F)cn1. The Morgan fingerprint density at radius 3 is 2.34 bits per heavy atom. The van der Waals surface area contributed by atoms with Gasteiger partial charge in [0, 0.05) is 36.9 Å². The summed E-state index contributed by atoms with van der Waals surface area (Å²) >= 11 is 0. The summed E-state index contributed by atoms with van der Waals surface area (Å²) in [5.41, 5.74) is -0.240. The number of carbonyl (C=O) groups excluding carboxylic acids is 2. The lowest BCUT2D eigenvalue weighted by Crippen LogP contribution is -2.45. The lowest BCUT2D eigenvalue weighted by atomic mass is 9.90. The highest BCUT2D eigenvalue weighted by atomic mass is 19.4. The Morgan fingerprint density at radius 2 is 1.77 bits per heavy atom. The van der Waals surface area contributed by atoms with Gasteiger partial charge in [-0.2, -0.15) is 0 Å². The van der Waals surface area contributed by atoms with Gasteiger partial charge in [-0.15, -0.1) is 13.2 Å². The highest BCUT2D eigenvalue weighted by Gasteiger charge is 2.37. The molecule has 8 nitrogen and oxygen atoms in total. The summed E-state index contributed by atoms with van der Waals surface area (Å²) in [5.74, 6) is -0.699. The molecular weight excluding hydrogens is 477 g/mol. The molecule has 0 aromatic carbocycles. The Bertz CT molecular complexity index is 1040. The first-order valence-electron chi connectivity index (χ1n) is 11.0. The molecule has 0 spiro atoms. The van der Waals surface area contributed by atoms with Crippen LogP contribution in [0.5, 0.6) is 5.75 Å². The first-order valence-corrected chi connectivity index (χ1v) is 11.0. The largest absolute Gasteiger partial charge is 0.573 e. The highest BCUT2D eigenvalue weighted by molar-refractivity contribution is 5.93. The molecule has 1 N–H and O–H groups in total. The second-order valence-electron chi connectivity index (χ2n) is 8.28. The van der Waals surface area contributed by atoms with Crippen molar-refractivity contribution in [2.45, 2.75) is 50.6 Å². The van der Waals surface area contributed by atoms with E-state index in [9.17, 15) is 31.5 Å². The molecule has 2 aliphatic rings. The third-order valence-corrected chi connectivity index (χ3v) is 6.02. The first-order chi connectivity index (χ1) is 16.6. The molecule has 2 aromatic heterocycles. The van der Waals surface area contributed by atoms with Gasteiger partial charge in [0.15, 0.2) is 0 Å². The molecule has 2 fully saturated rings. The smallest absolute Gasteiger partial charge is 0.404 e. The topological polar surface area (TPSA) is 87.7 Å². The minimum Gasteiger partial charge on any atom is -0.404 e. The van der Waals surface area contributed by atoms with Crippen molar-refractivity contribution in [1.29, 1.82) is 0 Å². The van der Waals surface area contributed by atoms with Crippen molar-refractivity contribution in [2.75, 3.05) is 18.0 Å². The molecule has 1 saturated heterocycles. The number of hydrogen-bond donors (Lipinski definition) is 1. The number of halogens is 5. The van der Waals surface area contributed by atoms with Crippen molar-refractivity contribution in [3.63, 3.8) is 0 Å². The Morgan fingerprint density at radius 1 is 1.03 bits per heavy atom. The lowest BCUT2D eigenvalue weighted by Gasteiger charge is -2.34. The minimum atomic E-state index is -4.84. The van der Waals surface area contributed by atoms with E-state index < -0.39 is 24.4 Å². The third-order valence-electron chi connectivity index (χ3n) is 6.02. The summed E-state index contributed by atoms with van der Waals surface area (Å²) in [6, 6.07) is 4.41. The second kappa shape index (κ2) is 10.0. The number of hydrogen-bond acceptors (Lipinski definition) is 5. The van der Waals surface area contributed by atoms with E-state index in [4.69, 9.17) is 0 Å². The molecule has 35 heavy (non-hydrogen) atoms. The standard InChI is InChI=1S/C22H22F5N5O3/c23-19(24)13-1-8-18(29-11-13)32-10-9-31(21(32)34)15-4-2-14(3-5-15)30-20(33)17-7-6-16(12-28-17)35-22(25,26)27/h1,6-8,11-12,14-15,19H,2-5,9-10H2,(H,30,33)/t14-,15-. The van der Waals surface area contributed by atoms with E-state index in [0.717, 1.165) is 24.5 Å². The number of ether oxygens (including phenoxy) is 1. The van der Waals surface area contributed by atoms with Crippen LogP contribution in [0.1, 0.15) is 48.2 Å². The van der Waals surface area contributed by atoms with Crippen molar-refractivity contribution in [1.82, 2.24) is 20.2 Å². The molecule has 188 valence electrons. The Labute approximate surface area is 197 Å². The van der Waals surface area contributed by atoms with E-state index in [2.05, 4.69) is 20.0 Å². The molecule has 3 amide bonds. The van der Waals surface area contributed by atoms with Crippen molar-refractivity contribution in [2.24, 2.45) is 0 Å². The van der Waals surface area contributed by atoms with Crippen molar-refractivity contribution >= 4 is 17.8 Å². The van der Waals surface area contributed by atoms with Gasteiger partial charge in [0.1, 0.15) is 17.3 Å². The van der Waals surface area contributed by atoms with Gasteiger partial charge in [-0.3, -0.25) is 9.69 Å². The third kappa shape index (κ3) is 5.95. The van der Waals surface area contributed by atoms with Gasteiger partial charge in [0.05, 0.1) is 6.20 Å². The van der Waals surface area contributed by atoms with Crippen LogP contribution in [0.3, 0.4) is 0 Å². The Balaban J connectivity index is 1.27. The molecule has 0 atom stereocenters. The molecule has 0 radical (unpaired) electrons. The number of alkyl halides is 5. The summed E-state index contributed by atoms with van der Waals surface area (Å²) in [6.07, 6.45) is -3.06. The fraction of sp³-hybridized carbons (Fsp3) is 0.455. The molecular formula is C22H22F5N5O3. The van der Waals surface area contributed by atoms with E-state index in [1.807, 2.05) is 0 Å². The monoisotopic (exact) mass is 499 g/mol. The van der Waals surface area contributed by atoms with Gasteiger partial charge >= 0.3 is 12.4 Å². The maximum Gasteiger partial charge on any atom is 0.573 e. The van der Waals surface area contributed by atoms with Crippen LogP contribution in [0.25, 0.3) is 0 Å². The van der Waals surface area contributed by atoms with Gasteiger partial charge in [-0.1, -0.05) is 0 Å². The number of amides is 3. The molecule has 3 heterocycles. The van der Waals surface area contributed by atoms with Gasteiger partial charge in [0.25, 0.3) is 12.3 Å². The van der Waals surface area contributed by atoms with Gasteiger partial charge < -0.3 is 15.0 Å². The summed E-state index contributed by atoms with van der Waals surface area (Å²) < 4.78 is 65.9. The fourth-order valence-corrected chi connectivity index (χ4v) is 4.29. The summed E-state index contributed by atoms with van der Waals surface area (Å²) in [6.45, 7) is 0.880. The number of carbonyl (C=O) groups is 2. The molecule has 0 bridgehead atoms. The zero-order valence-electron chi connectivity index (χ0n) is 18.3. The number of rotatable bonds is 6. The van der Waals surface area contributed by atoms with Crippen molar-refractivity contribution < 1.29 is 36.3 Å². The number of anilines is 1. The predicted octanol–water partition coefficient (Wildman–Crippen LogP) is 4.30. The van der Waals surface area contributed by atoms with Crippen LogP contribution in [-0.4, -0.2) is 58.3 Å². The van der Waals surface area contributed by atoms with Crippen LogP contribution < -0.4 is 15.0 Å². The maximum atomic E-state index is 12.9. The fourth-order valence-electron chi connectivity index (χ4n) is 4.29. The minimum absolute atomic E-state index is 0.0297. The summed E-state index contributed by atoms with van der Waals surface area (Å²) in [4.78, 5) is 36.2. The van der Waals surface area contributed by atoms with Gasteiger partial charge in [-0.05, 0) is 49.9 Å². The number of urea groups is 1. The van der Waals surface area contributed by atoms with Crippen molar-refractivity contribution in [3.8, 4) is 5.75 Å². The number of pyridine rings is 2. The zero-order chi connectivity index (χ0) is 25.2. The van der Waals surface area contributed by atoms with Crippen molar-refractivity contribution in [3.05, 3.63) is 47.9 Å². The van der Waals surface area contributed by atoms with Gasteiger partial charge in [-0.25, -0.2) is 23.5 Å². The molecule has 0 unspecified atom stereocenters. The van der Waals surface area contributed by atoms with E-state index in [0.29, 0.717) is 44.6 Å². The first kappa shape index (κ1) is 24.6. The summed E-state index contributed by atoms with van der Waals surface area (Å²) in [5, 5.41) is 2.82. The van der Waals surface area contributed by atoms with Crippen LogP contribution in [0.4, 0.5) is 32.6 Å². The highest BCUT2D eigenvalue weighted by Crippen LogP contribution is 2.29. The summed E-state index contributed by atoms with van der Waals surface area (Å²) in [7, 11) is 0. The van der Waals surface area contributed by atoms with Crippen LogP contribution in [-0.2, 0) is 0 Å². The van der Waals surface area contributed by atoms with Crippen LogP contribution >= 0.6 is 0 Å². The number of nitrogens with zero attached hydrogens (tertiary/aromatic N) is 4. The Hall–Kier alpha value is -3.51. The number of aromatic nitrogens is 2. The average molecular weight is 499 g/mol. The molecule has 2 aromatic rings. The van der Waals surface area contributed by atoms with Gasteiger partial charge in [0.2, 0.25) is 0 Å². The zero-order valence-corrected chi connectivity index (χ0v) is 18.3. The second-order valence-corrected chi connectivity index (χ2v) is 8.28. The average Bonchev–Trinajstić information content (AvgIpc) is 3.20. The molecule has 1 aliphatic carbocycles. The Kier molecular flexibility index (Phi) is 7.03. The van der Waals surface area contributed by atoms with E-state index in [-0.39, 0.29) is 29.4 Å². The predicted molar refractivity (Wildman–Crippen MR) is 113 cm³/mol. The number of nitrogens with one attached hydrogen (secondary N) is 1. The maximum absolute atomic E-state index is 12.9. The lowest BCUT2D eigenvalue weighted by molar-refractivity contribution is -0.274. The molecule has 1 aliphatic heterocycles. The normalized spacial score (nSPS) is 20.9. The van der Waals surface area contributed by atoms with Crippen LogP contribution in [0.2, 0.25) is 0 Å². The van der Waals surface area contributed by atoms with Crippen LogP contribution in [0.15, 0.2) is 36.7 Å². The van der Waals surface area contributed by atoms with E-state index in [1.165, 1.54) is 17.0 Å². The van der Waals surface area contributed by atoms with Crippen LogP contribution in [0, 0.1) is 0 Å². The molecule has 13 heteroatoms. The quantitative estimate of drug-likeness (QED) is 0.599. The molecule has 1 saturated carbocycles.